The smallest absolute Gasteiger partial charge is 0.261 e. The fourth-order valence-corrected chi connectivity index (χ4v) is 2.81. The lowest BCUT2D eigenvalue weighted by Gasteiger charge is -2.09. The summed E-state index contributed by atoms with van der Waals surface area (Å²) in [6.45, 7) is 0.568. The highest BCUT2D eigenvalue weighted by Gasteiger charge is 2.09. The van der Waals surface area contributed by atoms with E-state index in [0.717, 1.165) is 0 Å². The van der Waals surface area contributed by atoms with Crippen LogP contribution in [0.5, 0.6) is 5.75 Å². The lowest BCUT2D eigenvalue weighted by molar-refractivity contribution is 0.296. The minimum atomic E-state index is -0.237. The molecular weight excluding hydrogens is 349 g/mol. The number of halogens is 2. The Morgan fingerprint density at radius 3 is 2.88 bits per heavy atom. The predicted octanol–water partition coefficient (Wildman–Crippen LogP) is 3.65. The summed E-state index contributed by atoms with van der Waals surface area (Å²) in [5.41, 5.74) is 0.699. The fraction of sp³-hybridized carbons (Fsp3) is 0.118. The third kappa shape index (κ3) is 3.35. The molecule has 3 rings (SSSR count). The van der Waals surface area contributed by atoms with Crippen LogP contribution < -0.4 is 10.3 Å². The van der Waals surface area contributed by atoms with Crippen molar-refractivity contribution in [2.45, 2.75) is 6.54 Å². The van der Waals surface area contributed by atoms with Crippen molar-refractivity contribution in [2.75, 3.05) is 6.61 Å². The third-order valence-electron chi connectivity index (χ3n) is 3.41. The lowest BCUT2D eigenvalue weighted by Crippen LogP contribution is -2.23. The number of nitrogens with zero attached hydrogens (tertiary/aromatic N) is 3. The maximum absolute atomic E-state index is 12.5. The minimum absolute atomic E-state index is 0.237. The van der Waals surface area contributed by atoms with Crippen molar-refractivity contribution in [1.29, 1.82) is 5.26 Å². The molecule has 1 heterocycles. The van der Waals surface area contributed by atoms with E-state index in [1.54, 1.807) is 36.4 Å². The van der Waals surface area contributed by atoms with Crippen LogP contribution in [-0.2, 0) is 6.54 Å². The second-order valence-electron chi connectivity index (χ2n) is 5.01. The first kappa shape index (κ1) is 16.3. The van der Waals surface area contributed by atoms with E-state index in [1.807, 2.05) is 6.07 Å². The standard InChI is InChI=1S/C17H11Cl2N3O2/c18-12-7-14-16(15(19)8-12)21-10-22(17(14)23)4-5-24-13-3-1-2-11(6-13)9-20/h1-3,6-8,10H,4-5H2. The Morgan fingerprint density at radius 1 is 1.25 bits per heavy atom. The number of hydrogen-bond acceptors (Lipinski definition) is 4. The summed E-state index contributed by atoms with van der Waals surface area (Å²) in [7, 11) is 0. The monoisotopic (exact) mass is 359 g/mol. The minimum Gasteiger partial charge on any atom is -0.492 e. The Labute approximate surface area is 147 Å². The number of rotatable bonds is 4. The molecule has 0 aliphatic rings. The molecule has 3 aromatic rings. The number of fused-ring (bicyclic) bond motifs is 1. The molecule has 0 radical (unpaired) electrons. The van der Waals surface area contributed by atoms with Gasteiger partial charge in [0.25, 0.3) is 5.56 Å². The van der Waals surface area contributed by atoms with Crippen LogP contribution >= 0.6 is 23.2 Å². The van der Waals surface area contributed by atoms with Crippen molar-refractivity contribution in [3.63, 3.8) is 0 Å². The van der Waals surface area contributed by atoms with Crippen molar-refractivity contribution in [3.05, 3.63) is 68.7 Å². The van der Waals surface area contributed by atoms with Gasteiger partial charge in [-0.3, -0.25) is 9.36 Å². The van der Waals surface area contributed by atoms with Gasteiger partial charge in [0, 0.05) is 5.02 Å². The molecule has 0 spiro atoms. The van der Waals surface area contributed by atoms with Gasteiger partial charge in [0.15, 0.2) is 0 Å². The molecule has 0 N–H and O–H groups in total. The molecule has 0 saturated heterocycles. The summed E-state index contributed by atoms with van der Waals surface area (Å²) in [5.74, 6) is 0.571. The number of nitriles is 1. The van der Waals surface area contributed by atoms with Gasteiger partial charge in [-0.25, -0.2) is 4.98 Å². The molecule has 0 aliphatic heterocycles. The van der Waals surface area contributed by atoms with Gasteiger partial charge < -0.3 is 4.74 Å². The second-order valence-corrected chi connectivity index (χ2v) is 5.86. The highest BCUT2D eigenvalue weighted by molar-refractivity contribution is 6.38. The quantitative estimate of drug-likeness (QED) is 0.712. The molecule has 7 heteroatoms. The van der Waals surface area contributed by atoms with Gasteiger partial charge in [-0.1, -0.05) is 29.3 Å². The predicted molar refractivity (Wildman–Crippen MR) is 92.7 cm³/mol. The van der Waals surface area contributed by atoms with Crippen LogP contribution in [0.2, 0.25) is 10.0 Å². The topological polar surface area (TPSA) is 67.9 Å². The molecule has 120 valence electrons. The second kappa shape index (κ2) is 6.91. The zero-order chi connectivity index (χ0) is 17.1. The summed E-state index contributed by atoms with van der Waals surface area (Å²) in [5, 5.41) is 9.95. The molecule has 2 aromatic carbocycles. The van der Waals surface area contributed by atoms with E-state index in [0.29, 0.717) is 38.8 Å². The molecule has 0 atom stereocenters. The fourth-order valence-electron chi connectivity index (χ4n) is 2.27. The Morgan fingerprint density at radius 2 is 2.08 bits per heavy atom. The zero-order valence-corrected chi connectivity index (χ0v) is 13.9. The van der Waals surface area contributed by atoms with Crippen molar-refractivity contribution in [3.8, 4) is 11.8 Å². The van der Waals surface area contributed by atoms with Gasteiger partial charge in [0.2, 0.25) is 0 Å². The van der Waals surface area contributed by atoms with E-state index >= 15 is 0 Å². The number of ether oxygens (including phenoxy) is 1. The van der Waals surface area contributed by atoms with Crippen LogP contribution in [0.4, 0.5) is 0 Å². The van der Waals surface area contributed by atoms with Crippen LogP contribution in [0, 0.1) is 11.3 Å². The average molecular weight is 360 g/mol. The summed E-state index contributed by atoms with van der Waals surface area (Å²) in [6.07, 6.45) is 1.43. The van der Waals surface area contributed by atoms with Crippen molar-refractivity contribution >= 4 is 34.1 Å². The summed E-state index contributed by atoms with van der Waals surface area (Å²) < 4.78 is 7.01. The van der Waals surface area contributed by atoms with E-state index in [-0.39, 0.29) is 12.2 Å². The van der Waals surface area contributed by atoms with Crippen molar-refractivity contribution in [2.24, 2.45) is 0 Å². The summed E-state index contributed by atoms with van der Waals surface area (Å²) in [4.78, 5) is 16.7. The summed E-state index contributed by atoms with van der Waals surface area (Å²) in [6, 6.07) is 12.0. The first-order valence-electron chi connectivity index (χ1n) is 7.05. The molecule has 0 bridgehead atoms. The van der Waals surface area contributed by atoms with Crippen molar-refractivity contribution in [1.82, 2.24) is 9.55 Å². The zero-order valence-electron chi connectivity index (χ0n) is 12.4. The molecule has 5 nitrogen and oxygen atoms in total. The van der Waals surface area contributed by atoms with Crippen LogP contribution in [0.3, 0.4) is 0 Å². The van der Waals surface area contributed by atoms with E-state index in [2.05, 4.69) is 4.98 Å². The van der Waals surface area contributed by atoms with Gasteiger partial charge in [-0.15, -0.1) is 0 Å². The molecule has 0 saturated carbocycles. The first-order chi connectivity index (χ1) is 11.6. The maximum atomic E-state index is 12.5. The Hall–Kier alpha value is -2.55. The SMILES string of the molecule is N#Cc1cccc(OCCn2cnc3c(Cl)cc(Cl)cc3c2=O)c1. The Balaban J connectivity index is 1.79. The first-order valence-corrected chi connectivity index (χ1v) is 7.81. The van der Waals surface area contributed by atoms with Gasteiger partial charge >= 0.3 is 0 Å². The molecule has 1 aromatic heterocycles. The maximum Gasteiger partial charge on any atom is 0.261 e. The molecule has 0 fully saturated rings. The molecule has 0 amide bonds. The van der Waals surface area contributed by atoms with Crippen LogP contribution in [0.25, 0.3) is 10.9 Å². The van der Waals surface area contributed by atoms with E-state index in [4.69, 9.17) is 33.2 Å². The molecule has 24 heavy (non-hydrogen) atoms. The van der Waals surface area contributed by atoms with E-state index in [9.17, 15) is 4.79 Å². The van der Waals surface area contributed by atoms with Gasteiger partial charge in [0.05, 0.1) is 40.4 Å². The van der Waals surface area contributed by atoms with Gasteiger partial charge in [-0.05, 0) is 30.3 Å². The van der Waals surface area contributed by atoms with Gasteiger partial charge in [0.1, 0.15) is 12.4 Å². The number of hydrogen-bond donors (Lipinski definition) is 0. The highest BCUT2D eigenvalue weighted by atomic mass is 35.5. The average Bonchev–Trinajstić information content (AvgIpc) is 2.57. The highest BCUT2D eigenvalue weighted by Crippen LogP contribution is 2.23. The van der Waals surface area contributed by atoms with Gasteiger partial charge in [-0.2, -0.15) is 5.26 Å². The van der Waals surface area contributed by atoms with Crippen LogP contribution in [-0.4, -0.2) is 16.2 Å². The Bertz CT molecular complexity index is 1010. The van der Waals surface area contributed by atoms with Crippen LogP contribution in [0.15, 0.2) is 47.5 Å². The largest absolute Gasteiger partial charge is 0.492 e. The molecular formula is C17H11Cl2N3O2. The number of aromatic nitrogens is 2. The van der Waals surface area contributed by atoms with Crippen LogP contribution in [0.1, 0.15) is 5.56 Å². The summed E-state index contributed by atoms with van der Waals surface area (Å²) >= 11 is 12.0. The number of benzene rings is 2. The van der Waals surface area contributed by atoms with Crippen molar-refractivity contribution < 1.29 is 4.74 Å². The lowest BCUT2D eigenvalue weighted by atomic mass is 10.2. The normalized spacial score (nSPS) is 10.5. The Kier molecular flexibility index (Phi) is 4.70. The third-order valence-corrected chi connectivity index (χ3v) is 3.92. The van der Waals surface area contributed by atoms with E-state index < -0.39 is 0 Å². The van der Waals surface area contributed by atoms with E-state index in [1.165, 1.54) is 10.9 Å². The molecule has 0 aliphatic carbocycles. The molecule has 0 unspecified atom stereocenters.